The molecule has 2 aliphatic rings. The van der Waals surface area contributed by atoms with Gasteiger partial charge in [-0.05, 0) is 36.1 Å². The van der Waals surface area contributed by atoms with Crippen molar-refractivity contribution in [2.75, 3.05) is 7.11 Å². The molecule has 2 amide bonds. The van der Waals surface area contributed by atoms with Crippen LogP contribution in [0.15, 0.2) is 59.7 Å². The van der Waals surface area contributed by atoms with Gasteiger partial charge in [0.1, 0.15) is 5.75 Å². The molecule has 1 atom stereocenters. The first-order chi connectivity index (χ1) is 16.1. The number of methoxy groups -OCH3 is 1. The summed E-state index contributed by atoms with van der Waals surface area (Å²) in [7, 11) is 1.64. The summed E-state index contributed by atoms with van der Waals surface area (Å²) in [5.74, 6) is 0.606. The minimum absolute atomic E-state index is 0.0392. The van der Waals surface area contributed by atoms with Crippen LogP contribution in [0, 0.1) is 0 Å². The van der Waals surface area contributed by atoms with Crippen molar-refractivity contribution < 1.29 is 14.3 Å². The third-order valence-corrected chi connectivity index (χ3v) is 6.56. The zero-order valence-electron chi connectivity index (χ0n) is 19.3. The molecule has 4 rings (SSSR count). The van der Waals surface area contributed by atoms with Crippen LogP contribution in [0.2, 0.25) is 0 Å². The SMILES string of the molecule is COc1ccc(C2CC(c3ccccc3)=NN2C(=O)CCC(=O)NC2CCCCCC2)cc1. The molecular formula is C27H33N3O3. The van der Waals surface area contributed by atoms with Gasteiger partial charge in [0, 0.05) is 25.3 Å². The first kappa shape index (κ1) is 23.0. The molecule has 1 N–H and O–H groups in total. The largest absolute Gasteiger partial charge is 0.497 e. The van der Waals surface area contributed by atoms with E-state index < -0.39 is 0 Å². The molecule has 0 spiro atoms. The van der Waals surface area contributed by atoms with Gasteiger partial charge in [-0.1, -0.05) is 68.1 Å². The fraction of sp³-hybridized carbons (Fsp3) is 0.444. The third kappa shape index (κ3) is 6.01. The molecule has 6 heteroatoms. The highest BCUT2D eigenvalue weighted by Gasteiger charge is 2.33. The fourth-order valence-corrected chi connectivity index (χ4v) is 4.69. The van der Waals surface area contributed by atoms with Crippen LogP contribution in [0.25, 0.3) is 0 Å². The number of rotatable bonds is 7. The molecular weight excluding hydrogens is 414 g/mol. The van der Waals surface area contributed by atoms with Gasteiger partial charge in [-0.2, -0.15) is 5.10 Å². The summed E-state index contributed by atoms with van der Waals surface area (Å²) in [5, 5.41) is 9.41. The van der Waals surface area contributed by atoms with Crippen molar-refractivity contribution in [2.45, 2.75) is 69.9 Å². The Hall–Kier alpha value is -3.15. The molecule has 0 aromatic heterocycles. The topological polar surface area (TPSA) is 71.0 Å². The van der Waals surface area contributed by atoms with Crippen LogP contribution in [0.1, 0.15) is 75.0 Å². The van der Waals surface area contributed by atoms with Gasteiger partial charge >= 0.3 is 0 Å². The van der Waals surface area contributed by atoms with E-state index in [1.54, 1.807) is 12.1 Å². The molecule has 1 fully saturated rings. The van der Waals surface area contributed by atoms with E-state index in [9.17, 15) is 9.59 Å². The summed E-state index contributed by atoms with van der Waals surface area (Å²) in [5.41, 5.74) is 2.90. The summed E-state index contributed by atoms with van der Waals surface area (Å²) < 4.78 is 5.28. The lowest BCUT2D eigenvalue weighted by atomic mass is 9.98. The van der Waals surface area contributed by atoms with E-state index in [-0.39, 0.29) is 36.7 Å². The van der Waals surface area contributed by atoms with E-state index in [4.69, 9.17) is 9.84 Å². The molecule has 1 unspecified atom stereocenters. The van der Waals surface area contributed by atoms with Gasteiger partial charge < -0.3 is 10.1 Å². The Morgan fingerprint density at radius 3 is 2.33 bits per heavy atom. The van der Waals surface area contributed by atoms with Gasteiger partial charge in [-0.15, -0.1) is 0 Å². The standard InChI is InChI=1S/C27H33N3O3/c1-33-23-15-13-21(14-16-23)25-19-24(20-9-5-4-6-10-20)29-30(25)27(32)18-17-26(31)28-22-11-7-2-3-8-12-22/h4-6,9-10,13-16,22,25H,2-3,7-8,11-12,17-19H2,1H3,(H,28,31). The van der Waals surface area contributed by atoms with Crippen molar-refractivity contribution in [1.82, 2.24) is 10.3 Å². The van der Waals surface area contributed by atoms with Gasteiger partial charge in [0.15, 0.2) is 0 Å². The number of carbonyl (C=O) groups excluding carboxylic acids is 2. The van der Waals surface area contributed by atoms with Crippen LogP contribution < -0.4 is 10.1 Å². The maximum Gasteiger partial charge on any atom is 0.243 e. The molecule has 0 bridgehead atoms. The van der Waals surface area contributed by atoms with E-state index >= 15 is 0 Å². The van der Waals surface area contributed by atoms with Crippen LogP contribution in [0.3, 0.4) is 0 Å². The molecule has 33 heavy (non-hydrogen) atoms. The Bertz CT molecular complexity index is 964. The van der Waals surface area contributed by atoms with Gasteiger partial charge in [-0.3, -0.25) is 9.59 Å². The molecule has 174 valence electrons. The van der Waals surface area contributed by atoms with E-state index in [1.807, 2.05) is 54.6 Å². The maximum atomic E-state index is 13.2. The molecule has 0 saturated heterocycles. The molecule has 1 aliphatic heterocycles. The highest BCUT2D eigenvalue weighted by Crippen LogP contribution is 2.34. The zero-order chi connectivity index (χ0) is 23.0. The number of amides is 2. The van der Waals surface area contributed by atoms with Crippen molar-refractivity contribution in [3.05, 3.63) is 65.7 Å². The number of hydrogen-bond acceptors (Lipinski definition) is 4. The normalized spacial score (nSPS) is 19.0. The number of nitrogens with zero attached hydrogens (tertiary/aromatic N) is 2. The van der Waals surface area contributed by atoms with Crippen molar-refractivity contribution >= 4 is 17.5 Å². The van der Waals surface area contributed by atoms with E-state index in [0.29, 0.717) is 6.42 Å². The second kappa shape index (κ2) is 11.1. The van der Waals surface area contributed by atoms with Gasteiger partial charge in [-0.25, -0.2) is 5.01 Å². The number of nitrogens with one attached hydrogen (secondary N) is 1. The first-order valence-electron chi connectivity index (χ1n) is 12.0. The summed E-state index contributed by atoms with van der Waals surface area (Å²) in [6, 6.07) is 17.8. The highest BCUT2D eigenvalue weighted by molar-refractivity contribution is 6.03. The maximum absolute atomic E-state index is 13.2. The molecule has 1 aliphatic carbocycles. The van der Waals surface area contributed by atoms with Crippen molar-refractivity contribution in [2.24, 2.45) is 5.10 Å². The first-order valence-corrected chi connectivity index (χ1v) is 12.0. The minimum atomic E-state index is -0.191. The lowest BCUT2D eigenvalue weighted by Gasteiger charge is -2.22. The molecule has 2 aromatic carbocycles. The van der Waals surface area contributed by atoms with Gasteiger partial charge in [0.2, 0.25) is 11.8 Å². The lowest BCUT2D eigenvalue weighted by molar-refractivity contribution is -0.135. The minimum Gasteiger partial charge on any atom is -0.497 e. The van der Waals surface area contributed by atoms with Crippen molar-refractivity contribution in [1.29, 1.82) is 0 Å². The fourth-order valence-electron chi connectivity index (χ4n) is 4.69. The van der Waals surface area contributed by atoms with Crippen LogP contribution in [-0.2, 0) is 9.59 Å². The predicted molar refractivity (Wildman–Crippen MR) is 129 cm³/mol. The summed E-state index contributed by atoms with van der Waals surface area (Å²) in [6.07, 6.45) is 7.87. The summed E-state index contributed by atoms with van der Waals surface area (Å²) in [4.78, 5) is 25.7. The number of ether oxygens (including phenoxy) is 1. The van der Waals surface area contributed by atoms with Crippen LogP contribution in [0.5, 0.6) is 5.75 Å². The quantitative estimate of drug-likeness (QED) is 0.608. The number of benzene rings is 2. The van der Waals surface area contributed by atoms with E-state index in [1.165, 1.54) is 12.8 Å². The molecule has 2 aromatic rings. The van der Waals surface area contributed by atoms with Crippen LogP contribution in [0.4, 0.5) is 0 Å². The van der Waals surface area contributed by atoms with Crippen molar-refractivity contribution in [3.63, 3.8) is 0 Å². The average Bonchev–Trinajstić information content (AvgIpc) is 3.15. The summed E-state index contributed by atoms with van der Waals surface area (Å²) >= 11 is 0. The molecule has 1 saturated carbocycles. The van der Waals surface area contributed by atoms with Crippen LogP contribution in [-0.4, -0.2) is 35.7 Å². The Morgan fingerprint density at radius 1 is 0.970 bits per heavy atom. The zero-order valence-corrected chi connectivity index (χ0v) is 19.3. The van der Waals surface area contributed by atoms with Crippen molar-refractivity contribution in [3.8, 4) is 5.75 Å². The average molecular weight is 448 g/mol. The number of hydrazone groups is 1. The molecule has 0 radical (unpaired) electrons. The summed E-state index contributed by atoms with van der Waals surface area (Å²) in [6.45, 7) is 0. The molecule has 1 heterocycles. The Labute approximate surface area is 196 Å². The lowest BCUT2D eigenvalue weighted by Crippen LogP contribution is -2.35. The smallest absolute Gasteiger partial charge is 0.243 e. The monoisotopic (exact) mass is 447 g/mol. The van der Waals surface area contributed by atoms with Gasteiger partial charge in [0.25, 0.3) is 0 Å². The highest BCUT2D eigenvalue weighted by atomic mass is 16.5. The second-order valence-corrected chi connectivity index (χ2v) is 8.90. The predicted octanol–water partition coefficient (Wildman–Crippen LogP) is 4.99. The van der Waals surface area contributed by atoms with E-state index in [2.05, 4.69) is 5.32 Å². The van der Waals surface area contributed by atoms with Crippen LogP contribution >= 0.6 is 0 Å². The number of hydrogen-bond donors (Lipinski definition) is 1. The Balaban J connectivity index is 1.44. The second-order valence-electron chi connectivity index (χ2n) is 8.90. The van der Waals surface area contributed by atoms with Gasteiger partial charge in [0.05, 0.1) is 18.9 Å². The Morgan fingerprint density at radius 2 is 1.67 bits per heavy atom. The third-order valence-electron chi connectivity index (χ3n) is 6.56. The number of carbonyl (C=O) groups is 2. The molecule has 6 nitrogen and oxygen atoms in total. The van der Waals surface area contributed by atoms with E-state index in [0.717, 1.165) is 48.3 Å². The Kier molecular flexibility index (Phi) is 7.76.